The number of aliphatic hydroxyl groups is 1. The zero-order valence-corrected chi connectivity index (χ0v) is 15.9. The molecule has 0 fully saturated rings. The number of hydrogen-bond donors (Lipinski definition) is 4. The van der Waals surface area contributed by atoms with Crippen LogP contribution < -0.4 is 10.6 Å². The predicted octanol–water partition coefficient (Wildman–Crippen LogP) is 2.66. The van der Waals surface area contributed by atoms with E-state index in [0.29, 0.717) is 34.2 Å². The van der Waals surface area contributed by atoms with E-state index in [0.717, 1.165) is 11.4 Å². The standard InChI is InChI=1S/C19H19N5O3S/c1-28(26,27)16-4-2-3-15-17(16)14-11-21-24-18(14)19(23-15)22-13-7-5-12(6-8-13)20-9-10-25/h2-8,11,20,25H,9-10H2,1H3,(H,21,24)(H,22,23). The number of nitrogens with one attached hydrogen (secondary N) is 3. The maximum atomic E-state index is 12.2. The normalized spacial score (nSPS) is 11.8. The van der Waals surface area contributed by atoms with Crippen LogP contribution >= 0.6 is 0 Å². The van der Waals surface area contributed by atoms with E-state index in [9.17, 15) is 8.42 Å². The van der Waals surface area contributed by atoms with Crippen molar-refractivity contribution in [3.8, 4) is 0 Å². The fraction of sp³-hybridized carbons (Fsp3) is 0.158. The summed E-state index contributed by atoms with van der Waals surface area (Å²) in [5.41, 5.74) is 2.92. The zero-order chi connectivity index (χ0) is 19.7. The molecule has 9 heteroatoms. The molecule has 0 amide bonds. The van der Waals surface area contributed by atoms with Crippen molar-refractivity contribution in [2.75, 3.05) is 30.0 Å². The molecule has 4 rings (SSSR count). The molecule has 0 aliphatic heterocycles. The van der Waals surface area contributed by atoms with E-state index in [1.54, 1.807) is 24.4 Å². The van der Waals surface area contributed by atoms with Crippen LogP contribution in [-0.4, -0.2) is 48.1 Å². The Balaban J connectivity index is 1.79. The highest BCUT2D eigenvalue weighted by molar-refractivity contribution is 7.91. The fourth-order valence-electron chi connectivity index (χ4n) is 3.12. The van der Waals surface area contributed by atoms with Crippen molar-refractivity contribution in [2.24, 2.45) is 0 Å². The number of pyridine rings is 1. The van der Waals surface area contributed by atoms with Gasteiger partial charge < -0.3 is 15.7 Å². The number of aliphatic hydroxyl groups excluding tert-OH is 1. The average molecular weight is 397 g/mol. The molecular weight excluding hydrogens is 378 g/mol. The third kappa shape index (κ3) is 3.37. The lowest BCUT2D eigenvalue weighted by Crippen LogP contribution is -2.05. The molecule has 0 radical (unpaired) electrons. The van der Waals surface area contributed by atoms with Crippen LogP contribution in [0.2, 0.25) is 0 Å². The van der Waals surface area contributed by atoms with E-state index in [2.05, 4.69) is 25.8 Å². The number of rotatable bonds is 6. The maximum absolute atomic E-state index is 12.2. The van der Waals surface area contributed by atoms with Crippen molar-refractivity contribution in [1.29, 1.82) is 0 Å². The van der Waals surface area contributed by atoms with Gasteiger partial charge in [0.1, 0.15) is 5.52 Å². The van der Waals surface area contributed by atoms with Crippen LogP contribution in [0.3, 0.4) is 0 Å². The molecule has 2 aromatic heterocycles. The number of hydrogen-bond acceptors (Lipinski definition) is 7. The minimum absolute atomic E-state index is 0.0638. The van der Waals surface area contributed by atoms with Crippen molar-refractivity contribution >= 4 is 48.8 Å². The summed E-state index contributed by atoms with van der Waals surface area (Å²) in [6.07, 6.45) is 2.80. The maximum Gasteiger partial charge on any atom is 0.176 e. The summed E-state index contributed by atoms with van der Waals surface area (Å²) < 4.78 is 24.4. The molecule has 2 heterocycles. The number of aromatic amines is 1. The van der Waals surface area contributed by atoms with Gasteiger partial charge in [0.15, 0.2) is 15.7 Å². The van der Waals surface area contributed by atoms with Crippen molar-refractivity contribution in [1.82, 2.24) is 15.2 Å². The summed E-state index contributed by atoms with van der Waals surface area (Å²) in [4.78, 5) is 4.85. The monoisotopic (exact) mass is 397 g/mol. The lowest BCUT2D eigenvalue weighted by molar-refractivity contribution is 0.311. The number of benzene rings is 2. The molecular formula is C19H19N5O3S. The average Bonchev–Trinajstić information content (AvgIpc) is 3.16. The van der Waals surface area contributed by atoms with Gasteiger partial charge in [-0.25, -0.2) is 13.4 Å². The zero-order valence-electron chi connectivity index (χ0n) is 15.1. The van der Waals surface area contributed by atoms with E-state index in [4.69, 9.17) is 5.11 Å². The number of fused-ring (bicyclic) bond motifs is 3. The largest absolute Gasteiger partial charge is 0.395 e. The number of nitrogens with zero attached hydrogens (tertiary/aromatic N) is 2. The Labute approximate surface area is 161 Å². The molecule has 0 bridgehead atoms. The first kappa shape index (κ1) is 18.2. The highest BCUT2D eigenvalue weighted by Gasteiger charge is 2.18. The Hall–Kier alpha value is -3.17. The van der Waals surface area contributed by atoms with E-state index >= 15 is 0 Å². The Morgan fingerprint density at radius 3 is 2.57 bits per heavy atom. The third-order valence-corrected chi connectivity index (χ3v) is 5.51. The van der Waals surface area contributed by atoms with Gasteiger partial charge in [-0.3, -0.25) is 5.10 Å². The number of sulfone groups is 1. The number of aromatic nitrogens is 3. The Morgan fingerprint density at radius 2 is 1.86 bits per heavy atom. The number of anilines is 3. The first-order valence-electron chi connectivity index (χ1n) is 8.65. The molecule has 0 saturated carbocycles. The van der Waals surface area contributed by atoms with Crippen LogP contribution in [0, 0.1) is 0 Å². The van der Waals surface area contributed by atoms with Crippen molar-refractivity contribution in [2.45, 2.75) is 4.90 Å². The molecule has 0 saturated heterocycles. The summed E-state index contributed by atoms with van der Waals surface area (Å²) in [6, 6.07) is 12.6. The first-order chi connectivity index (χ1) is 13.5. The molecule has 4 aromatic rings. The SMILES string of the molecule is CS(=O)(=O)c1cccc2nc(Nc3ccc(NCCO)cc3)c3[nH]ncc3c12. The summed E-state index contributed by atoms with van der Waals surface area (Å²) in [5, 5.41) is 23.5. The van der Waals surface area contributed by atoms with Crippen LogP contribution in [0.1, 0.15) is 0 Å². The van der Waals surface area contributed by atoms with E-state index < -0.39 is 9.84 Å². The highest BCUT2D eigenvalue weighted by Crippen LogP contribution is 2.33. The van der Waals surface area contributed by atoms with Crippen LogP contribution in [0.4, 0.5) is 17.2 Å². The lowest BCUT2D eigenvalue weighted by atomic mass is 10.1. The predicted molar refractivity (Wildman–Crippen MR) is 110 cm³/mol. The van der Waals surface area contributed by atoms with Crippen molar-refractivity contribution in [3.05, 3.63) is 48.7 Å². The molecule has 8 nitrogen and oxygen atoms in total. The summed E-state index contributed by atoms with van der Waals surface area (Å²) in [5.74, 6) is 0.557. The van der Waals surface area contributed by atoms with E-state index in [1.165, 1.54) is 6.26 Å². The van der Waals surface area contributed by atoms with Gasteiger partial charge in [-0.15, -0.1) is 0 Å². The molecule has 0 atom stereocenters. The second-order valence-electron chi connectivity index (χ2n) is 6.39. The molecule has 0 unspecified atom stereocenters. The van der Waals surface area contributed by atoms with Crippen LogP contribution in [0.25, 0.3) is 21.8 Å². The fourth-order valence-corrected chi connectivity index (χ4v) is 4.03. The molecule has 0 aliphatic rings. The summed E-state index contributed by atoms with van der Waals surface area (Å²) in [6.45, 7) is 0.546. The van der Waals surface area contributed by atoms with E-state index in [1.807, 2.05) is 24.3 Å². The first-order valence-corrected chi connectivity index (χ1v) is 10.5. The molecule has 2 aromatic carbocycles. The molecule has 0 spiro atoms. The Bertz CT molecular complexity index is 1250. The third-order valence-electron chi connectivity index (χ3n) is 4.37. The molecule has 0 aliphatic carbocycles. The minimum Gasteiger partial charge on any atom is -0.395 e. The molecule has 4 N–H and O–H groups in total. The van der Waals surface area contributed by atoms with Crippen molar-refractivity contribution < 1.29 is 13.5 Å². The summed E-state index contributed by atoms with van der Waals surface area (Å²) >= 11 is 0. The molecule has 144 valence electrons. The van der Waals surface area contributed by atoms with E-state index in [-0.39, 0.29) is 11.5 Å². The smallest absolute Gasteiger partial charge is 0.176 e. The van der Waals surface area contributed by atoms with Gasteiger partial charge in [0.2, 0.25) is 0 Å². The van der Waals surface area contributed by atoms with Gasteiger partial charge in [-0.2, -0.15) is 5.10 Å². The number of H-pyrrole nitrogens is 1. The van der Waals surface area contributed by atoms with Gasteiger partial charge >= 0.3 is 0 Å². The lowest BCUT2D eigenvalue weighted by Gasteiger charge is -2.11. The van der Waals surface area contributed by atoms with Crippen molar-refractivity contribution in [3.63, 3.8) is 0 Å². The van der Waals surface area contributed by atoms with Crippen LogP contribution in [-0.2, 0) is 9.84 Å². The quantitative estimate of drug-likeness (QED) is 0.395. The Morgan fingerprint density at radius 1 is 1.11 bits per heavy atom. The van der Waals surface area contributed by atoms with Crippen LogP contribution in [0.15, 0.2) is 53.6 Å². The van der Waals surface area contributed by atoms with Gasteiger partial charge in [0.05, 0.1) is 23.2 Å². The van der Waals surface area contributed by atoms with Gasteiger partial charge in [0.25, 0.3) is 0 Å². The van der Waals surface area contributed by atoms with Gasteiger partial charge in [-0.05, 0) is 36.4 Å². The van der Waals surface area contributed by atoms with Crippen LogP contribution in [0.5, 0.6) is 0 Å². The Kier molecular flexibility index (Phi) is 4.62. The topological polar surface area (TPSA) is 120 Å². The second kappa shape index (κ2) is 7.10. The highest BCUT2D eigenvalue weighted by atomic mass is 32.2. The van der Waals surface area contributed by atoms with Gasteiger partial charge in [0, 0.05) is 34.9 Å². The minimum atomic E-state index is -3.41. The summed E-state index contributed by atoms with van der Waals surface area (Å²) in [7, 11) is -3.41. The second-order valence-corrected chi connectivity index (χ2v) is 8.38. The molecule has 28 heavy (non-hydrogen) atoms. The van der Waals surface area contributed by atoms with Gasteiger partial charge in [-0.1, -0.05) is 6.07 Å².